The number of likely N-dealkylation sites (N-methyl/N-ethyl adjacent to an activating group) is 1. The number of likely N-dealkylation sites (tertiary alicyclic amines) is 1. The van der Waals surface area contributed by atoms with Gasteiger partial charge in [0.1, 0.15) is 22.8 Å². The van der Waals surface area contributed by atoms with Gasteiger partial charge in [0.05, 0.1) is 17.2 Å². The number of halogens is 3. The van der Waals surface area contributed by atoms with Crippen LogP contribution in [0.5, 0.6) is 5.75 Å². The lowest BCUT2D eigenvalue weighted by atomic mass is 9.57. The van der Waals surface area contributed by atoms with Gasteiger partial charge in [-0.1, -0.05) is 13.8 Å². The molecule has 0 radical (unpaired) electrons. The van der Waals surface area contributed by atoms with Gasteiger partial charge in [-0.25, -0.2) is 0 Å². The summed E-state index contributed by atoms with van der Waals surface area (Å²) in [5.41, 5.74) is -1.04. The summed E-state index contributed by atoms with van der Waals surface area (Å²) in [5, 5.41) is 45.1. The van der Waals surface area contributed by atoms with Crippen molar-refractivity contribution >= 4 is 23.2 Å². The molecule has 0 spiro atoms. The van der Waals surface area contributed by atoms with E-state index in [-0.39, 0.29) is 23.5 Å². The molecule has 1 saturated heterocycles. The number of nitrogens with zero attached hydrogens (tertiary/aromatic N) is 2. The van der Waals surface area contributed by atoms with Crippen molar-refractivity contribution in [1.82, 2.24) is 9.80 Å². The molecule has 10 nitrogen and oxygen atoms in total. The molecule has 0 aromatic heterocycles. The zero-order valence-corrected chi connectivity index (χ0v) is 24.3. The number of rotatable bonds is 5. The van der Waals surface area contributed by atoms with E-state index >= 15 is 0 Å². The van der Waals surface area contributed by atoms with Crippen LogP contribution in [0.25, 0.3) is 5.76 Å². The van der Waals surface area contributed by atoms with Crippen molar-refractivity contribution < 1.29 is 48.0 Å². The zero-order chi connectivity index (χ0) is 31.9. The molecule has 3 aliphatic carbocycles. The molecule has 1 aromatic rings. The van der Waals surface area contributed by atoms with Crippen LogP contribution in [0.1, 0.15) is 61.4 Å². The first kappa shape index (κ1) is 31.0. The number of alkyl halides is 3. The highest BCUT2D eigenvalue weighted by Crippen LogP contribution is 2.55. The summed E-state index contributed by atoms with van der Waals surface area (Å²) in [6.45, 7) is 5.07. The van der Waals surface area contributed by atoms with Crippen molar-refractivity contribution in [3.05, 3.63) is 45.2 Å². The second kappa shape index (κ2) is 10.3. The van der Waals surface area contributed by atoms with E-state index < -0.39 is 99.1 Å². The first-order valence-corrected chi connectivity index (χ1v) is 14.3. The van der Waals surface area contributed by atoms with E-state index in [1.54, 1.807) is 0 Å². The summed E-state index contributed by atoms with van der Waals surface area (Å²) in [6, 6.07) is -0.955. The number of hydrogen-bond acceptors (Lipinski definition) is 9. The smallest absolute Gasteiger partial charge is 0.417 e. The van der Waals surface area contributed by atoms with Crippen LogP contribution in [0.2, 0.25) is 0 Å². The summed E-state index contributed by atoms with van der Waals surface area (Å²) < 4.78 is 44.8. The Balaban J connectivity index is 1.73. The highest BCUT2D eigenvalue weighted by Gasteiger charge is 2.64. The molecule has 13 heteroatoms. The first-order valence-electron chi connectivity index (χ1n) is 14.3. The monoisotopic (exact) mass is 607 g/mol. The average molecular weight is 608 g/mol. The van der Waals surface area contributed by atoms with Crippen LogP contribution in [-0.4, -0.2) is 86.5 Å². The van der Waals surface area contributed by atoms with Gasteiger partial charge in [-0.3, -0.25) is 24.2 Å². The molecule has 0 bridgehead atoms. The van der Waals surface area contributed by atoms with Crippen molar-refractivity contribution in [3.63, 3.8) is 0 Å². The quantitative estimate of drug-likeness (QED) is 0.317. The number of ketones is 2. The van der Waals surface area contributed by atoms with Crippen molar-refractivity contribution in [2.45, 2.75) is 63.4 Å². The molecular formula is C30H36F3N3O7. The number of aliphatic hydroxyl groups is 3. The number of Topliss-reactive ketones (excluding diaryl/α,β-unsaturated/α-hetero) is 2. The number of amides is 1. The second-order valence-corrected chi connectivity index (χ2v) is 12.7. The van der Waals surface area contributed by atoms with E-state index in [1.807, 2.05) is 18.7 Å². The number of primary amides is 1. The lowest BCUT2D eigenvalue weighted by Gasteiger charge is -2.50. The number of carbonyl (C=O) groups is 3. The number of hydrogen-bond donors (Lipinski definition) is 5. The molecule has 43 heavy (non-hydrogen) atoms. The third kappa shape index (κ3) is 4.54. The standard InChI is InChI=1S/C30H36F3N3O7/c1-12(2)11-36-7-5-6-17(36)14-10-18(37)20-15(22(14)30(31,32)33)8-13-9-16-23(35(3)4)25(39)21(28(34)42)27(41)29(16,43)26(40)19(13)24(20)38/h10,12-13,16-17,23,37-38,41,43H,5-9,11H2,1-4H3,(H2,34,42)/t13-,16-,17-,23-,29-/m0/s1. The van der Waals surface area contributed by atoms with Gasteiger partial charge in [0.25, 0.3) is 5.91 Å². The van der Waals surface area contributed by atoms with Crippen molar-refractivity contribution in [1.29, 1.82) is 0 Å². The highest BCUT2D eigenvalue weighted by molar-refractivity contribution is 6.24. The fourth-order valence-electron chi connectivity index (χ4n) is 7.81. The molecular weight excluding hydrogens is 571 g/mol. The molecule has 1 amide bonds. The minimum atomic E-state index is -4.87. The zero-order valence-electron chi connectivity index (χ0n) is 24.3. The minimum Gasteiger partial charge on any atom is -0.508 e. The summed E-state index contributed by atoms with van der Waals surface area (Å²) >= 11 is 0. The van der Waals surface area contributed by atoms with Crippen LogP contribution < -0.4 is 5.73 Å². The molecule has 0 unspecified atom stereocenters. The number of aliphatic hydroxyl groups excluding tert-OH is 2. The van der Waals surface area contributed by atoms with E-state index in [2.05, 4.69) is 0 Å². The van der Waals surface area contributed by atoms with Gasteiger partial charge in [-0.05, 0) is 75.4 Å². The lowest BCUT2D eigenvalue weighted by Crippen LogP contribution is -2.65. The Labute approximate surface area is 246 Å². The molecule has 5 rings (SSSR count). The van der Waals surface area contributed by atoms with Crippen LogP contribution in [-0.2, 0) is 27.0 Å². The maximum Gasteiger partial charge on any atom is 0.417 e. The summed E-state index contributed by atoms with van der Waals surface area (Å²) in [4.78, 5) is 42.6. The highest BCUT2D eigenvalue weighted by atomic mass is 19.4. The number of aromatic hydroxyl groups is 1. The third-order valence-corrected chi connectivity index (χ3v) is 9.36. The average Bonchev–Trinajstić information content (AvgIpc) is 3.32. The predicted molar refractivity (Wildman–Crippen MR) is 148 cm³/mol. The molecule has 6 N–H and O–H groups in total. The Morgan fingerprint density at radius 3 is 2.42 bits per heavy atom. The minimum absolute atomic E-state index is 0.109. The van der Waals surface area contributed by atoms with Gasteiger partial charge < -0.3 is 26.2 Å². The van der Waals surface area contributed by atoms with Crippen LogP contribution >= 0.6 is 0 Å². The molecule has 2 fully saturated rings. The van der Waals surface area contributed by atoms with Crippen LogP contribution in [0.4, 0.5) is 13.2 Å². The van der Waals surface area contributed by atoms with Crippen molar-refractivity contribution in [2.75, 3.05) is 27.2 Å². The number of nitrogens with two attached hydrogens (primary N) is 1. The molecule has 234 valence electrons. The Hall–Kier alpha value is -3.42. The van der Waals surface area contributed by atoms with Crippen LogP contribution in [0, 0.1) is 17.8 Å². The molecule has 5 atom stereocenters. The van der Waals surface area contributed by atoms with Gasteiger partial charge in [-0.2, -0.15) is 13.2 Å². The number of phenols is 1. The normalized spacial score (nSPS) is 29.8. The predicted octanol–water partition coefficient (Wildman–Crippen LogP) is 2.78. The topological polar surface area (TPSA) is 165 Å². The lowest BCUT2D eigenvalue weighted by molar-refractivity contribution is -0.153. The Kier molecular flexibility index (Phi) is 7.46. The number of fused-ring (bicyclic) bond motifs is 3. The summed E-state index contributed by atoms with van der Waals surface area (Å²) in [6.07, 6.45) is -4.48. The van der Waals surface area contributed by atoms with Gasteiger partial charge in [-0.15, -0.1) is 0 Å². The maximum absolute atomic E-state index is 14.9. The van der Waals surface area contributed by atoms with E-state index in [4.69, 9.17) is 5.73 Å². The van der Waals surface area contributed by atoms with Crippen molar-refractivity contribution in [2.24, 2.45) is 23.5 Å². The Bertz CT molecular complexity index is 1480. The van der Waals surface area contributed by atoms with Gasteiger partial charge in [0, 0.05) is 24.1 Å². The number of carbonyl (C=O) groups excluding carboxylic acids is 3. The maximum atomic E-state index is 14.9. The molecule has 1 aliphatic heterocycles. The van der Waals surface area contributed by atoms with Gasteiger partial charge in [0.2, 0.25) is 5.78 Å². The fraction of sp³-hybridized carbons (Fsp3) is 0.567. The second-order valence-electron chi connectivity index (χ2n) is 12.7. The number of phenolic OH excluding ortho intramolecular Hbond substituents is 1. The van der Waals surface area contributed by atoms with E-state index in [0.717, 1.165) is 6.07 Å². The SMILES string of the molecule is CC(C)CN1CCC[C@H]1c1cc(O)c2c(c1C(F)(F)F)C[C@H]1C[C@H]3[C@H](N(C)C)C(=O)C(C(N)=O)=C(O)[C@@]3(O)C(=O)C1=C2O. The van der Waals surface area contributed by atoms with Crippen LogP contribution in [0.15, 0.2) is 23.0 Å². The fourth-order valence-corrected chi connectivity index (χ4v) is 7.81. The number of benzene rings is 1. The third-order valence-electron chi connectivity index (χ3n) is 9.36. The Morgan fingerprint density at radius 1 is 1.21 bits per heavy atom. The molecule has 1 heterocycles. The first-order chi connectivity index (χ1) is 19.9. The summed E-state index contributed by atoms with van der Waals surface area (Å²) in [5.74, 6) is -8.74. The van der Waals surface area contributed by atoms with E-state index in [0.29, 0.717) is 25.9 Å². The summed E-state index contributed by atoms with van der Waals surface area (Å²) in [7, 11) is 2.90. The van der Waals surface area contributed by atoms with Crippen LogP contribution in [0.3, 0.4) is 0 Å². The van der Waals surface area contributed by atoms with E-state index in [9.17, 15) is 48.0 Å². The molecule has 1 aromatic carbocycles. The van der Waals surface area contributed by atoms with E-state index in [1.165, 1.54) is 19.0 Å². The molecule has 1 saturated carbocycles. The largest absolute Gasteiger partial charge is 0.508 e. The van der Waals surface area contributed by atoms with Gasteiger partial charge in [0.15, 0.2) is 11.4 Å². The Morgan fingerprint density at radius 2 is 1.86 bits per heavy atom. The van der Waals surface area contributed by atoms with Gasteiger partial charge >= 0.3 is 6.18 Å². The molecule has 4 aliphatic rings. The van der Waals surface area contributed by atoms with Crippen molar-refractivity contribution in [3.8, 4) is 5.75 Å².